The van der Waals surface area contributed by atoms with Crippen LogP contribution in [0.1, 0.15) is 36.0 Å². The molecule has 12 heteroatoms. The van der Waals surface area contributed by atoms with E-state index >= 15 is 0 Å². The van der Waals surface area contributed by atoms with Gasteiger partial charge in [-0.25, -0.2) is 26.4 Å². The number of alkyl carbamates (subject to hydrolysis) is 1. The number of amides is 2. The summed E-state index contributed by atoms with van der Waals surface area (Å²) in [6, 6.07) is 4.70. The van der Waals surface area contributed by atoms with E-state index in [-0.39, 0.29) is 39.0 Å². The zero-order valence-corrected chi connectivity index (χ0v) is 20.1. The number of fused-ring (bicyclic) bond motifs is 2. The van der Waals surface area contributed by atoms with E-state index in [1.807, 2.05) is 0 Å². The first-order chi connectivity index (χ1) is 16.5. The van der Waals surface area contributed by atoms with Crippen LogP contribution in [0.3, 0.4) is 0 Å². The lowest BCUT2D eigenvalue weighted by Gasteiger charge is -2.35. The molecule has 2 aliphatic carbocycles. The van der Waals surface area contributed by atoms with Crippen molar-refractivity contribution in [3.05, 3.63) is 58.4 Å². The van der Waals surface area contributed by atoms with Crippen LogP contribution in [0.4, 0.5) is 23.7 Å². The molecule has 2 aromatic carbocycles. The minimum atomic E-state index is -3.96. The van der Waals surface area contributed by atoms with Crippen molar-refractivity contribution in [3.8, 4) is 0 Å². The van der Waals surface area contributed by atoms with Crippen molar-refractivity contribution in [2.75, 3.05) is 12.4 Å². The summed E-state index contributed by atoms with van der Waals surface area (Å²) in [7, 11) is -2.70. The summed E-state index contributed by atoms with van der Waals surface area (Å²) in [4.78, 5) is 24.0. The van der Waals surface area contributed by atoms with E-state index in [1.54, 1.807) is 0 Å². The van der Waals surface area contributed by atoms with Gasteiger partial charge in [0.15, 0.2) is 27.3 Å². The third kappa shape index (κ3) is 4.97. The molecule has 2 aromatic rings. The Hall–Kier alpha value is -2.79. The van der Waals surface area contributed by atoms with Crippen LogP contribution in [0.15, 0.2) is 35.2 Å². The molecule has 0 spiro atoms. The van der Waals surface area contributed by atoms with Gasteiger partial charge in [-0.15, -0.1) is 0 Å². The molecule has 7 nitrogen and oxygen atoms in total. The molecule has 2 saturated carbocycles. The predicted molar refractivity (Wildman–Crippen MR) is 121 cm³/mol. The Bertz CT molecular complexity index is 1250. The van der Waals surface area contributed by atoms with Gasteiger partial charge in [-0.3, -0.25) is 4.79 Å². The highest BCUT2D eigenvalue weighted by Crippen LogP contribution is 2.48. The number of carbonyl (C=O) groups excluding carboxylic acids is 2. The molecule has 0 saturated heterocycles. The molecule has 2 N–H and O–H groups in total. The zero-order chi connectivity index (χ0) is 25.5. The summed E-state index contributed by atoms with van der Waals surface area (Å²) >= 11 is 6.23. The van der Waals surface area contributed by atoms with Gasteiger partial charge in [0, 0.05) is 29.4 Å². The molecule has 35 heavy (non-hydrogen) atoms. The summed E-state index contributed by atoms with van der Waals surface area (Å²) < 4.78 is 72.1. The molecule has 2 aliphatic rings. The molecular formula is C23H22ClF3N2O5S. The van der Waals surface area contributed by atoms with Gasteiger partial charge >= 0.3 is 6.09 Å². The van der Waals surface area contributed by atoms with Gasteiger partial charge in [-0.05, 0) is 55.7 Å². The molecule has 1 unspecified atom stereocenters. The van der Waals surface area contributed by atoms with Crippen LogP contribution in [0.5, 0.6) is 0 Å². The van der Waals surface area contributed by atoms with Crippen molar-refractivity contribution < 1.29 is 35.9 Å². The number of nitrogens with one attached hydrogen (secondary N) is 2. The summed E-state index contributed by atoms with van der Waals surface area (Å²) in [5.41, 5.74) is -0.438. The second-order valence-corrected chi connectivity index (χ2v) is 11.2. The summed E-state index contributed by atoms with van der Waals surface area (Å²) in [6.45, 7) is 0. The average Bonchev–Trinajstić information content (AvgIpc) is 3.09. The van der Waals surface area contributed by atoms with Gasteiger partial charge in [-0.2, -0.15) is 0 Å². The minimum absolute atomic E-state index is 0.0605. The normalized spacial score (nSPS) is 23.6. The topological polar surface area (TPSA) is 102 Å². The summed E-state index contributed by atoms with van der Waals surface area (Å²) in [5, 5.41) is 4.18. The van der Waals surface area contributed by atoms with Gasteiger partial charge in [0.05, 0.1) is 22.3 Å². The molecule has 188 valence electrons. The van der Waals surface area contributed by atoms with Gasteiger partial charge in [-0.1, -0.05) is 11.6 Å². The number of hydrogen-bond donors (Lipinski definition) is 2. The van der Waals surface area contributed by atoms with Crippen molar-refractivity contribution in [1.29, 1.82) is 0 Å². The molecule has 0 heterocycles. The highest BCUT2D eigenvalue weighted by Gasteiger charge is 2.50. The second-order valence-electron chi connectivity index (χ2n) is 8.76. The van der Waals surface area contributed by atoms with Crippen molar-refractivity contribution in [3.63, 3.8) is 0 Å². The minimum Gasteiger partial charge on any atom is -0.453 e. The molecule has 2 bridgehead atoms. The lowest BCUT2D eigenvalue weighted by Crippen LogP contribution is -2.46. The lowest BCUT2D eigenvalue weighted by molar-refractivity contribution is 0.102. The fourth-order valence-electron chi connectivity index (χ4n) is 5.16. The van der Waals surface area contributed by atoms with Crippen LogP contribution in [0.25, 0.3) is 0 Å². The van der Waals surface area contributed by atoms with E-state index in [0.29, 0.717) is 37.8 Å². The maximum Gasteiger partial charge on any atom is 0.407 e. The van der Waals surface area contributed by atoms with Crippen molar-refractivity contribution in [1.82, 2.24) is 5.32 Å². The maximum atomic E-state index is 13.6. The number of halogens is 4. The van der Waals surface area contributed by atoms with E-state index in [9.17, 15) is 31.2 Å². The van der Waals surface area contributed by atoms with Crippen molar-refractivity contribution in [2.24, 2.45) is 11.8 Å². The summed E-state index contributed by atoms with van der Waals surface area (Å²) in [5.74, 6) is -5.90. The first-order valence-electron chi connectivity index (χ1n) is 10.8. The Morgan fingerprint density at radius 3 is 2.20 bits per heavy atom. The highest BCUT2D eigenvalue weighted by molar-refractivity contribution is 7.92. The third-order valence-corrected chi connectivity index (χ3v) is 9.50. The number of hydrogen-bond acceptors (Lipinski definition) is 5. The van der Waals surface area contributed by atoms with E-state index in [0.717, 1.165) is 6.07 Å². The number of carbonyl (C=O) groups is 2. The zero-order valence-electron chi connectivity index (χ0n) is 18.5. The predicted octanol–water partition coefficient (Wildman–Crippen LogP) is 4.70. The van der Waals surface area contributed by atoms with Gasteiger partial charge < -0.3 is 15.4 Å². The number of rotatable bonds is 5. The molecule has 2 fully saturated rings. The molecule has 4 atom stereocenters. The highest BCUT2D eigenvalue weighted by atomic mass is 35.5. The monoisotopic (exact) mass is 530 g/mol. The number of anilines is 1. The first-order valence-corrected chi connectivity index (χ1v) is 12.8. The van der Waals surface area contributed by atoms with E-state index in [4.69, 9.17) is 11.6 Å². The molecular weight excluding hydrogens is 509 g/mol. The Kier molecular flexibility index (Phi) is 7.01. The Morgan fingerprint density at radius 1 is 1.03 bits per heavy atom. The fourth-order valence-corrected chi connectivity index (χ4v) is 8.04. The second kappa shape index (κ2) is 9.69. The SMILES string of the molecule is COC(=O)N[C@@H]1CC2CC[C@@H](C1)[C@H]2S(=O)(=O)c1cc(C(=O)Nc2cc(F)c(F)c(F)c2)ccc1Cl. The van der Waals surface area contributed by atoms with Crippen molar-refractivity contribution >= 4 is 39.1 Å². The molecule has 4 rings (SSSR count). The molecule has 0 radical (unpaired) electrons. The van der Waals surface area contributed by atoms with Crippen LogP contribution >= 0.6 is 11.6 Å². The van der Waals surface area contributed by atoms with E-state index < -0.39 is 44.5 Å². The maximum absolute atomic E-state index is 13.6. The number of ether oxygens (including phenoxy) is 1. The molecule has 2 amide bonds. The van der Waals surface area contributed by atoms with Crippen LogP contribution < -0.4 is 10.6 Å². The number of sulfone groups is 1. The number of methoxy groups -OCH3 is 1. The van der Waals surface area contributed by atoms with Gasteiger partial charge in [0.2, 0.25) is 0 Å². The summed E-state index contributed by atoms with van der Waals surface area (Å²) in [6.07, 6.45) is 1.71. The Labute approximate surface area is 204 Å². The van der Waals surface area contributed by atoms with Crippen LogP contribution in [0, 0.1) is 29.3 Å². The average molecular weight is 531 g/mol. The smallest absolute Gasteiger partial charge is 0.407 e. The lowest BCUT2D eigenvalue weighted by atomic mass is 9.85. The quantitative estimate of drug-likeness (QED) is 0.546. The Morgan fingerprint density at radius 2 is 1.63 bits per heavy atom. The standard InChI is InChI=1S/C23H22ClF3N2O5S/c1-34-23(31)29-14-6-11-2-3-12(7-14)21(11)35(32,33)19-8-13(4-5-16(19)24)22(30)28-15-9-17(25)20(27)18(26)10-15/h4-5,8-12,14,21H,2-3,6-7H2,1H3,(H,28,30)(H,29,31)/t11-,12?,14-,21+/m0/s1. The van der Waals surface area contributed by atoms with Gasteiger partial charge in [0.1, 0.15) is 0 Å². The van der Waals surface area contributed by atoms with Crippen molar-refractivity contribution in [2.45, 2.75) is 41.9 Å². The van der Waals surface area contributed by atoms with Crippen LogP contribution in [-0.4, -0.2) is 38.8 Å². The molecule has 0 aliphatic heterocycles. The van der Waals surface area contributed by atoms with E-state index in [1.165, 1.54) is 19.2 Å². The van der Waals surface area contributed by atoms with Crippen LogP contribution in [0.2, 0.25) is 5.02 Å². The van der Waals surface area contributed by atoms with E-state index in [2.05, 4.69) is 15.4 Å². The number of benzene rings is 2. The first kappa shape index (κ1) is 25.3. The fraction of sp³-hybridized carbons (Fsp3) is 0.391. The third-order valence-electron chi connectivity index (χ3n) is 6.62. The van der Waals surface area contributed by atoms with Gasteiger partial charge in [0.25, 0.3) is 5.91 Å². The largest absolute Gasteiger partial charge is 0.453 e. The Balaban J connectivity index is 1.58. The van der Waals surface area contributed by atoms with Crippen LogP contribution in [-0.2, 0) is 14.6 Å². The molecule has 0 aromatic heterocycles.